The Labute approximate surface area is 158 Å². The lowest BCUT2D eigenvalue weighted by Gasteiger charge is -2.29. The van der Waals surface area contributed by atoms with Crippen LogP contribution >= 0.6 is 0 Å². The van der Waals surface area contributed by atoms with Crippen molar-refractivity contribution in [2.45, 2.75) is 32.7 Å². The number of rotatable bonds is 5. The van der Waals surface area contributed by atoms with Crippen LogP contribution in [-0.2, 0) is 4.74 Å². The van der Waals surface area contributed by atoms with Gasteiger partial charge in [0.15, 0.2) is 5.69 Å². The first-order valence-corrected chi connectivity index (χ1v) is 9.52. The standard InChI is InChI=1S/C20H25FN4O2/c1-13-9-19(23-25(13)14(2)15-3-4-15)20(26)22-17-10-16(21)11-18(12-17)24-5-7-27-8-6-24/h9-12,14-15H,3-8H2,1-2H3,(H,22,26). The van der Waals surface area contributed by atoms with Gasteiger partial charge in [0.25, 0.3) is 5.91 Å². The van der Waals surface area contributed by atoms with Crippen molar-refractivity contribution in [2.75, 3.05) is 36.5 Å². The summed E-state index contributed by atoms with van der Waals surface area (Å²) >= 11 is 0. The van der Waals surface area contributed by atoms with Gasteiger partial charge in [-0.2, -0.15) is 5.10 Å². The van der Waals surface area contributed by atoms with Crippen LogP contribution in [0.3, 0.4) is 0 Å². The SMILES string of the molecule is Cc1cc(C(=O)Nc2cc(F)cc(N3CCOCC3)c2)nn1C(C)C1CC1. The van der Waals surface area contributed by atoms with E-state index < -0.39 is 0 Å². The molecule has 1 unspecified atom stereocenters. The van der Waals surface area contributed by atoms with E-state index in [4.69, 9.17) is 4.74 Å². The van der Waals surface area contributed by atoms with Gasteiger partial charge < -0.3 is 15.0 Å². The number of nitrogens with zero attached hydrogens (tertiary/aromatic N) is 3. The molecule has 4 rings (SSSR count). The molecule has 27 heavy (non-hydrogen) atoms. The Kier molecular flexibility index (Phi) is 4.86. The summed E-state index contributed by atoms with van der Waals surface area (Å²) in [5.74, 6) is -0.0458. The van der Waals surface area contributed by atoms with E-state index in [0.717, 1.165) is 11.4 Å². The Morgan fingerprint density at radius 2 is 2.00 bits per heavy atom. The summed E-state index contributed by atoms with van der Waals surface area (Å²) in [4.78, 5) is 14.7. The number of anilines is 2. The van der Waals surface area contributed by atoms with Crippen LogP contribution in [0.1, 0.15) is 42.0 Å². The Morgan fingerprint density at radius 1 is 1.26 bits per heavy atom. The van der Waals surface area contributed by atoms with Crippen LogP contribution in [0.5, 0.6) is 0 Å². The molecule has 2 aromatic rings. The topological polar surface area (TPSA) is 59.4 Å². The van der Waals surface area contributed by atoms with Crippen LogP contribution in [0, 0.1) is 18.7 Å². The molecule has 2 aliphatic rings. The van der Waals surface area contributed by atoms with E-state index in [9.17, 15) is 9.18 Å². The van der Waals surface area contributed by atoms with E-state index in [-0.39, 0.29) is 11.7 Å². The fourth-order valence-electron chi connectivity index (χ4n) is 3.63. The predicted octanol–water partition coefficient (Wildman–Crippen LogP) is 3.39. The van der Waals surface area contributed by atoms with Crippen molar-refractivity contribution in [2.24, 2.45) is 5.92 Å². The molecule has 2 fully saturated rings. The van der Waals surface area contributed by atoms with Crippen molar-refractivity contribution in [3.05, 3.63) is 41.5 Å². The van der Waals surface area contributed by atoms with Crippen molar-refractivity contribution < 1.29 is 13.9 Å². The molecular formula is C20H25FN4O2. The van der Waals surface area contributed by atoms with Gasteiger partial charge in [-0.25, -0.2) is 4.39 Å². The van der Waals surface area contributed by atoms with E-state index in [2.05, 4.69) is 22.2 Å². The fourth-order valence-corrected chi connectivity index (χ4v) is 3.63. The number of amides is 1. The fraction of sp³-hybridized carbons (Fsp3) is 0.500. The highest BCUT2D eigenvalue weighted by Crippen LogP contribution is 2.39. The van der Waals surface area contributed by atoms with Crippen LogP contribution < -0.4 is 10.2 Å². The molecule has 7 heteroatoms. The number of morpholine rings is 1. The number of carbonyl (C=O) groups is 1. The second-order valence-corrected chi connectivity index (χ2v) is 7.45. The van der Waals surface area contributed by atoms with Crippen molar-refractivity contribution in [1.29, 1.82) is 0 Å². The smallest absolute Gasteiger partial charge is 0.276 e. The Morgan fingerprint density at radius 3 is 2.70 bits per heavy atom. The Hall–Kier alpha value is -2.41. The average molecular weight is 372 g/mol. The molecule has 1 aromatic carbocycles. The number of halogens is 1. The minimum atomic E-state index is -0.377. The molecule has 6 nitrogen and oxygen atoms in total. The zero-order valence-electron chi connectivity index (χ0n) is 15.7. The van der Waals surface area contributed by atoms with Crippen LogP contribution in [0.25, 0.3) is 0 Å². The van der Waals surface area contributed by atoms with E-state index in [1.807, 2.05) is 11.6 Å². The molecule has 1 atom stereocenters. The second kappa shape index (κ2) is 7.31. The zero-order chi connectivity index (χ0) is 19.0. The van der Waals surface area contributed by atoms with Crippen molar-refractivity contribution >= 4 is 17.3 Å². The number of benzene rings is 1. The van der Waals surface area contributed by atoms with Gasteiger partial charge in [0.1, 0.15) is 5.82 Å². The summed E-state index contributed by atoms with van der Waals surface area (Å²) in [6, 6.07) is 6.70. The summed E-state index contributed by atoms with van der Waals surface area (Å²) in [6.07, 6.45) is 2.44. The molecule has 0 radical (unpaired) electrons. The lowest BCUT2D eigenvalue weighted by Crippen LogP contribution is -2.36. The van der Waals surface area contributed by atoms with E-state index in [1.54, 1.807) is 12.1 Å². The third kappa shape index (κ3) is 3.98. The van der Waals surface area contributed by atoms with E-state index in [0.29, 0.717) is 49.6 Å². The largest absolute Gasteiger partial charge is 0.378 e. The normalized spacial score (nSPS) is 18.4. The molecule has 1 aliphatic carbocycles. The van der Waals surface area contributed by atoms with Crippen LogP contribution in [0.15, 0.2) is 24.3 Å². The number of ether oxygens (including phenoxy) is 1. The second-order valence-electron chi connectivity index (χ2n) is 7.45. The quantitative estimate of drug-likeness (QED) is 0.874. The Bertz CT molecular complexity index is 841. The van der Waals surface area contributed by atoms with Gasteiger partial charge in [-0.15, -0.1) is 0 Å². The highest BCUT2D eigenvalue weighted by molar-refractivity contribution is 6.03. The van der Waals surface area contributed by atoms with E-state index >= 15 is 0 Å². The first-order valence-electron chi connectivity index (χ1n) is 9.52. The number of aromatic nitrogens is 2. The van der Waals surface area contributed by atoms with Gasteiger partial charge in [0.2, 0.25) is 0 Å². The lowest BCUT2D eigenvalue weighted by molar-refractivity contribution is 0.102. The van der Waals surface area contributed by atoms with Crippen molar-refractivity contribution in [3.8, 4) is 0 Å². The first-order chi connectivity index (χ1) is 13.0. The predicted molar refractivity (Wildman–Crippen MR) is 102 cm³/mol. The zero-order valence-corrected chi connectivity index (χ0v) is 15.7. The molecule has 1 saturated heterocycles. The highest BCUT2D eigenvalue weighted by Gasteiger charge is 2.31. The molecule has 1 aliphatic heterocycles. The summed E-state index contributed by atoms with van der Waals surface area (Å²) in [7, 11) is 0. The molecule has 144 valence electrons. The number of carbonyl (C=O) groups excluding carboxylic acids is 1. The maximum atomic E-state index is 14.1. The highest BCUT2D eigenvalue weighted by atomic mass is 19.1. The van der Waals surface area contributed by atoms with Gasteiger partial charge in [0.05, 0.1) is 19.3 Å². The molecule has 1 saturated carbocycles. The maximum Gasteiger partial charge on any atom is 0.276 e. The molecule has 2 heterocycles. The lowest BCUT2D eigenvalue weighted by atomic mass is 10.2. The number of hydrogen-bond acceptors (Lipinski definition) is 4. The Balaban J connectivity index is 1.51. The summed E-state index contributed by atoms with van der Waals surface area (Å²) < 4.78 is 21.3. The minimum absolute atomic E-state index is 0.300. The number of aryl methyl sites for hydroxylation is 1. The van der Waals surface area contributed by atoms with Gasteiger partial charge in [-0.3, -0.25) is 9.48 Å². The third-order valence-corrected chi connectivity index (χ3v) is 5.36. The molecule has 0 bridgehead atoms. The van der Waals surface area contributed by atoms with Crippen LogP contribution in [0.2, 0.25) is 0 Å². The third-order valence-electron chi connectivity index (χ3n) is 5.36. The van der Waals surface area contributed by atoms with Gasteiger partial charge in [-0.05, 0) is 56.9 Å². The summed E-state index contributed by atoms with van der Waals surface area (Å²) in [5, 5.41) is 7.28. The monoisotopic (exact) mass is 372 g/mol. The van der Waals surface area contributed by atoms with Crippen molar-refractivity contribution in [3.63, 3.8) is 0 Å². The maximum absolute atomic E-state index is 14.1. The van der Waals surface area contributed by atoms with E-state index in [1.165, 1.54) is 25.0 Å². The number of hydrogen-bond donors (Lipinski definition) is 1. The summed E-state index contributed by atoms with van der Waals surface area (Å²) in [5.41, 5.74) is 2.51. The van der Waals surface area contributed by atoms with Gasteiger partial charge in [-0.1, -0.05) is 0 Å². The van der Waals surface area contributed by atoms with Crippen molar-refractivity contribution in [1.82, 2.24) is 9.78 Å². The average Bonchev–Trinajstić information content (AvgIpc) is 3.43. The van der Waals surface area contributed by atoms with Crippen LogP contribution in [0.4, 0.5) is 15.8 Å². The minimum Gasteiger partial charge on any atom is -0.378 e. The molecule has 1 aromatic heterocycles. The number of nitrogens with one attached hydrogen (secondary N) is 1. The van der Waals surface area contributed by atoms with Gasteiger partial charge >= 0.3 is 0 Å². The van der Waals surface area contributed by atoms with Crippen LogP contribution in [-0.4, -0.2) is 42.0 Å². The molecular weight excluding hydrogens is 347 g/mol. The molecule has 0 spiro atoms. The molecule has 1 amide bonds. The summed E-state index contributed by atoms with van der Waals surface area (Å²) in [6.45, 7) is 6.75. The van der Waals surface area contributed by atoms with Gasteiger partial charge in [0, 0.05) is 30.2 Å². The molecule has 1 N–H and O–H groups in total. The first kappa shape index (κ1) is 18.0.